The van der Waals surface area contributed by atoms with E-state index in [0.29, 0.717) is 5.75 Å². The molecule has 6 nitrogen and oxygen atoms in total. The van der Waals surface area contributed by atoms with Gasteiger partial charge in [-0.1, -0.05) is 244 Å². The monoisotopic (exact) mass is 1310 g/mol. The molecule has 0 fully saturated rings. The van der Waals surface area contributed by atoms with Gasteiger partial charge in [-0.3, -0.25) is 4.18 Å². The van der Waals surface area contributed by atoms with Crippen LogP contribution in [0, 0.1) is 6.92 Å². The number of aryl methyl sites for hydroxylation is 1. The lowest BCUT2D eigenvalue weighted by Crippen LogP contribution is -2.32. The molecular formula is C75H73BrF2O6P3S+. The summed E-state index contributed by atoms with van der Waals surface area (Å²) in [5.74, 6) is 2.12. The van der Waals surface area contributed by atoms with Crippen LogP contribution in [-0.2, 0) is 20.5 Å². The molecule has 11 rings (SSSR count). The molecule has 88 heavy (non-hydrogen) atoms. The Morgan fingerprint density at radius 1 is 0.364 bits per heavy atom. The van der Waals surface area contributed by atoms with Gasteiger partial charge >= 0.3 is 0 Å². The number of benzene rings is 11. The molecule has 0 aliphatic carbocycles. The van der Waals surface area contributed by atoms with E-state index in [0.717, 1.165) is 28.5 Å². The molecule has 0 aliphatic heterocycles. The summed E-state index contributed by atoms with van der Waals surface area (Å²) in [6.07, 6.45) is 0.911. The quantitative estimate of drug-likeness (QED) is 0.0361. The number of rotatable bonds is 23. The van der Waals surface area contributed by atoms with Gasteiger partial charge in [0.05, 0.1) is 11.1 Å². The van der Waals surface area contributed by atoms with E-state index in [4.69, 9.17) is 18.4 Å². The summed E-state index contributed by atoms with van der Waals surface area (Å²) in [4.78, 5) is 0.145. The first-order valence-corrected chi connectivity index (χ1v) is 34.4. The summed E-state index contributed by atoms with van der Waals surface area (Å²) in [7, 11) is -7.20. The van der Waals surface area contributed by atoms with Gasteiger partial charge in [0.2, 0.25) is 0 Å². The molecular weight excluding hydrogens is 1240 g/mol. The van der Waals surface area contributed by atoms with Crippen molar-refractivity contribution in [1.82, 2.24) is 0 Å². The minimum absolute atomic E-state index is 0. The molecule has 11 aromatic carbocycles. The van der Waals surface area contributed by atoms with Gasteiger partial charge in [0, 0.05) is 6.07 Å². The zero-order valence-corrected chi connectivity index (χ0v) is 53.5. The minimum atomic E-state index is -3.80. The molecule has 0 bridgehead atoms. The van der Waals surface area contributed by atoms with E-state index in [2.05, 4.69) is 212 Å². The molecule has 13 heteroatoms. The maximum atomic E-state index is 12.7. The molecule has 0 aliphatic rings. The molecule has 0 spiro atoms. The summed E-state index contributed by atoms with van der Waals surface area (Å²) in [6.45, 7) is 1.17. The van der Waals surface area contributed by atoms with Gasteiger partial charge in [-0.15, -0.1) is 17.0 Å². The molecule has 0 heterocycles. The molecule has 0 unspecified atom stereocenters. The lowest BCUT2D eigenvalue weighted by atomic mass is 10.2. The second-order valence-electron chi connectivity index (χ2n) is 19.6. The second kappa shape index (κ2) is 35.4. The van der Waals surface area contributed by atoms with Gasteiger partial charge < -0.3 is 14.2 Å². The molecule has 0 amide bonds. The van der Waals surface area contributed by atoms with E-state index in [1.165, 1.54) is 48.0 Å². The van der Waals surface area contributed by atoms with Crippen molar-refractivity contribution in [3.63, 3.8) is 0 Å². The smallest absolute Gasteiger partial charge is 0.297 e. The lowest BCUT2D eigenvalue weighted by molar-refractivity contribution is 0.221. The van der Waals surface area contributed by atoms with Gasteiger partial charge in [-0.2, -0.15) is 8.42 Å². The molecule has 0 N–H and O–H groups in total. The first-order chi connectivity index (χ1) is 42.2. The zero-order chi connectivity index (χ0) is 59.7. The van der Waals surface area contributed by atoms with Crippen LogP contribution in [0.3, 0.4) is 0 Å². The second-order valence-corrected chi connectivity index (χ2v) is 29.2. The average molecular weight is 1310 g/mol. The van der Waals surface area contributed by atoms with Gasteiger partial charge in [-0.25, -0.2) is 8.78 Å². The molecule has 0 saturated carbocycles. The fourth-order valence-corrected chi connectivity index (χ4v) is 19.6. The minimum Gasteiger partial charge on any atom is -0.491 e. The third-order valence-corrected chi connectivity index (χ3v) is 24.2. The predicted octanol–water partition coefficient (Wildman–Crippen LogP) is 15.1. The maximum absolute atomic E-state index is 12.7. The van der Waals surface area contributed by atoms with Crippen molar-refractivity contribution in [2.45, 2.75) is 25.4 Å². The molecule has 11 aromatic rings. The van der Waals surface area contributed by atoms with Crippen LogP contribution >= 0.6 is 40.1 Å². The van der Waals surface area contributed by atoms with Crippen LogP contribution in [0.2, 0.25) is 0 Å². The SMILES string of the molecule is Br.C.Cc1ccc(S(=O)(=O)OCCOc2cccc(P(c3ccccc3)c3ccccc3)c2)cc1.[18F]CCOc1cccc(P(c2ccccc2)c2ccccc2)c1.[18F]CCOc1cccc([P+](Cc2ccccc2)(c2ccccc2)c2ccccc2)c1. The standard InChI is InChI=1S/C27H25FOP.C27H25O4PS.C20H18FOP.CH4.BrH/c28-19-20-29-24-13-10-18-27(21-24)30(25-14-6-2-7-15-25,26-16-8-3-9-17-26)22-23-11-4-1-5-12-23;1-22-15-17-27(18-16-22)33(28,29)31-20-19-30-23-9-8-14-26(21-23)32(24-10-4-2-5-11-24)25-12-6-3-7-13-25;21-14-15-22-17-8-7-13-20(16-17)23(18-9-3-1-4-10-18)19-11-5-2-6-12-19;;/h1-18,21H,19-20,22H2;2-18,21H,19-20H2,1H3;1-13,16H,14-15H2;1H4;1H/q+1;;;;/i28-1;;21-1;;. The van der Waals surface area contributed by atoms with Crippen molar-refractivity contribution >= 4 is 97.9 Å². The normalized spacial score (nSPS) is 10.9. The zero-order valence-electron chi connectivity index (χ0n) is 48.3. The third kappa shape index (κ3) is 18.9. The summed E-state index contributed by atoms with van der Waals surface area (Å²) in [5, 5.41) is 11.3. The Morgan fingerprint density at radius 2 is 0.693 bits per heavy atom. The van der Waals surface area contributed by atoms with Crippen LogP contribution in [0.15, 0.2) is 314 Å². The van der Waals surface area contributed by atoms with Gasteiger partial charge in [0.15, 0.2) is 0 Å². The van der Waals surface area contributed by atoms with Crippen LogP contribution in [0.4, 0.5) is 8.78 Å². The number of halogens is 3. The third-order valence-electron chi connectivity index (χ3n) is 13.7. The molecule has 0 radical (unpaired) electrons. The van der Waals surface area contributed by atoms with E-state index in [1.807, 2.05) is 79.7 Å². The Morgan fingerprint density at radius 3 is 1.09 bits per heavy atom. The summed E-state index contributed by atoms with van der Waals surface area (Å²) in [6, 6.07) is 105. The van der Waals surface area contributed by atoms with Crippen molar-refractivity contribution in [2.24, 2.45) is 0 Å². The summed E-state index contributed by atoms with van der Waals surface area (Å²) < 4.78 is 71.8. The molecule has 0 aromatic heterocycles. The van der Waals surface area contributed by atoms with E-state index in [9.17, 15) is 17.2 Å². The number of hydrogen-bond acceptors (Lipinski definition) is 6. The Balaban J connectivity index is 0.000000189. The summed E-state index contributed by atoms with van der Waals surface area (Å²) >= 11 is 0. The lowest BCUT2D eigenvalue weighted by Gasteiger charge is -2.28. The van der Waals surface area contributed by atoms with E-state index < -0.39 is 46.6 Å². The first-order valence-electron chi connectivity index (χ1n) is 28.3. The number of ether oxygens (including phenoxy) is 3. The van der Waals surface area contributed by atoms with E-state index >= 15 is 0 Å². The van der Waals surface area contributed by atoms with Crippen LogP contribution < -0.4 is 62.0 Å². The number of hydrogen-bond donors (Lipinski definition) is 0. The molecule has 0 atom stereocenters. The van der Waals surface area contributed by atoms with Crippen molar-refractivity contribution in [2.75, 3.05) is 39.8 Å². The van der Waals surface area contributed by atoms with Crippen LogP contribution in [0.5, 0.6) is 17.2 Å². The van der Waals surface area contributed by atoms with Crippen molar-refractivity contribution < 1.29 is 35.6 Å². The molecule has 0 saturated heterocycles. The van der Waals surface area contributed by atoms with Gasteiger partial charge in [-0.05, 0) is 133 Å². The highest BCUT2D eigenvalue weighted by Crippen LogP contribution is 2.58. The number of alkyl halides is 2. The van der Waals surface area contributed by atoms with Crippen molar-refractivity contribution in [3.8, 4) is 17.2 Å². The largest absolute Gasteiger partial charge is 0.491 e. The van der Waals surface area contributed by atoms with Crippen molar-refractivity contribution in [3.05, 3.63) is 321 Å². The molecule has 450 valence electrons. The summed E-state index contributed by atoms with van der Waals surface area (Å²) in [5.41, 5.74) is 2.29. The highest BCUT2D eigenvalue weighted by molar-refractivity contribution is 8.93. The topological polar surface area (TPSA) is 71.1 Å². The average Bonchev–Trinajstić information content (AvgIpc) is 1.77. The van der Waals surface area contributed by atoms with Crippen molar-refractivity contribution in [1.29, 1.82) is 0 Å². The predicted molar refractivity (Wildman–Crippen MR) is 375 cm³/mol. The van der Waals surface area contributed by atoms with E-state index in [1.54, 1.807) is 24.3 Å². The van der Waals surface area contributed by atoms with Crippen LogP contribution in [0.25, 0.3) is 0 Å². The van der Waals surface area contributed by atoms with Gasteiger partial charge in [0.25, 0.3) is 10.1 Å². The Labute approximate surface area is 533 Å². The van der Waals surface area contributed by atoms with Gasteiger partial charge in [0.1, 0.15) is 80.2 Å². The Bertz CT molecular complexity index is 3750. The maximum Gasteiger partial charge on any atom is 0.297 e. The fraction of sp³-hybridized carbons (Fsp3) is 0.120. The Kier molecular flexibility index (Phi) is 27.3. The highest BCUT2D eigenvalue weighted by atomic mass is 79.9. The Hall–Kier alpha value is -7.64. The first kappa shape index (κ1) is 67.9. The van der Waals surface area contributed by atoms with E-state index in [-0.39, 0.29) is 55.7 Å². The van der Waals surface area contributed by atoms with Crippen LogP contribution in [0.1, 0.15) is 18.6 Å². The fourth-order valence-electron chi connectivity index (χ4n) is 9.77. The van der Waals surface area contributed by atoms with Crippen LogP contribution in [-0.4, -0.2) is 48.2 Å². The highest BCUT2D eigenvalue weighted by Gasteiger charge is 2.45.